The van der Waals surface area contributed by atoms with Crippen LogP contribution in [0.15, 0.2) is 35.3 Å². The second kappa shape index (κ2) is 9.21. The first-order chi connectivity index (χ1) is 15.7. The van der Waals surface area contributed by atoms with Crippen LogP contribution in [0.5, 0.6) is 0 Å². The van der Waals surface area contributed by atoms with Gasteiger partial charge in [-0.3, -0.25) is 23.9 Å². The molecule has 0 bridgehead atoms. The Morgan fingerprint density at radius 3 is 2.58 bits per heavy atom. The van der Waals surface area contributed by atoms with Gasteiger partial charge in [-0.15, -0.1) is 0 Å². The first kappa shape index (κ1) is 23.4. The molecule has 0 radical (unpaired) electrons. The van der Waals surface area contributed by atoms with Gasteiger partial charge in [0.25, 0.3) is 11.5 Å². The van der Waals surface area contributed by atoms with Gasteiger partial charge in [0.05, 0.1) is 0 Å². The minimum Gasteiger partial charge on any atom is -0.351 e. The second-order valence-electron chi connectivity index (χ2n) is 10.1. The van der Waals surface area contributed by atoms with E-state index in [0.29, 0.717) is 42.2 Å². The third-order valence-electron chi connectivity index (χ3n) is 6.87. The number of nitrogens with zero attached hydrogens (tertiary/aromatic N) is 2. The summed E-state index contributed by atoms with van der Waals surface area (Å²) in [6, 6.07) is 5.94. The number of carbonyl (C=O) groups excluding carboxylic acids is 2. The van der Waals surface area contributed by atoms with Gasteiger partial charge in [-0.2, -0.15) is 0 Å². The summed E-state index contributed by atoms with van der Waals surface area (Å²) in [7, 11) is 0. The van der Waals surface area contributed by atoms with Gasteiger partial charge in [0.2, 0.25) is 0 Å². The lowest BCUT2D eigenvalue weighted by atomic mass is 9.73. The largest absolute Gasteiger partial charge is 0.351 e. The van der Waals surface area contributed by atoms with Gasteiger partial charge in [-0.1, -0.05) is 20.3 Å². The van der Waals surface area contributed by atoms with Crippen molar-refractivity contribution < 1.29 is 14.0 Å². The lowest BCUT2D eigenvalue weighted by molar-refractivity contribution is 0.0907. The Morgan fingerprint density at radius 1 is 1.15 bits per heavy atom. The predicted octanol–water partition coefficient (Wildman–Crippen LogP) is 3.74. The molecule has 1 aliphatic heterocycles. The molecule has 1 N–H and O–H groups in total. The molecule has 1 fully saturated rings. The van der Waals surface area contributed by atoms with Gasteiger partial charge in [-0.25, -0.2) is 4.39 Å². The number of fused-ring (bicyclic) bond motifs is 1. The van der Waals surface area contributed by atoms with Crippen molar-refractivity contribution in [3.63, 3.8) is 0 Å². The van der Waals surface area contributed by atoms with Crippen LogP contribution in [0, 0.1) is 11.2 Å². The quantitative estimate of drug-likeness (QED) is 0.749. The smallest absolute Gasteiger partial charge is 0.268 e. The van der Waals surface area contributed by atoms with Crippen molar-refractivity contribution >= 4 is 11.7 Å². The highest BCUT2D eigenvalue weighted by atomic mass is 19.1. The summed E-state index contributed by atoms with van der Waals surface area (Å²) in [5.41, 5.74) is 0.519. The van der Waals surface area contributed by atoms with Crippen LogP contribution in [0.2, 0.25) is 0 Å². The zero-order chi connectivity index (χ0) is 23.8. The van der Waals surface area contributed by atoms with E-state index >= 15 is 0 Å². The molecule has 2 aliphatic rings. The van der Waals surface area contributed by atoms with E-state index in [1.54, 1.807) is 0 Å². The van der Waals surface area contributed by atoms with E-state index in [4.69, 9.17) is 0 Å². The van der Waals surface area contributed by atoms with Gasteiger partial charge < -0.3 is 5.32 Å². The average molecular weight is 454 g/mol. The van der Waals surface area contributed by atoms with Gasteiger partial charge in [0.15, 0.2) is 5.78 Å². The fourth-order valence-corrected chi connectivity index (χ4v) is 5.06. The zero-order valence-electron chi connectivity index (χ0n) is 19.6. The fourth-order valence-electron chi connectivity index (χ4n) is 5.06. The number of benzene rings is 1. The number of carbonyl (C=O) groups is 2. The van der Waals surface area contributed by atoms with E-state index in [1.165, 1.54) is 41.5 Å². The highest BCUT2D eigenvalue weighted by molar-refractivity contribution is 6.04. The van der Waals surface area contributed by atoms with Gasteiger partial charge in [-0.05, 0) is 68.0 Å². The summed E-state index contributed by atoms with van der Waals surface area (Å²) in [6.07, 6.45) is 5.86. The van der Waals surface area contributed by atoms with Crippen molar-refractivity contribution in [1.29, 1.82) is 0 Å². The second-order valence-corrected chi connectivity index (χ2v) is 10.1. The van der Waals surface area contributed by atoms with Crippen LogP contribution in [0.4, 0.5) is 4.39 Å². The molecular weight excluding hydrogens is 421 g/mol. The SMILES string of the molecule is C[C@@H]1CCCCN1CCNC(=O)c1c2c(cn(-c3ccc(F)cc3)c1=O)C(=O)CC(C)(C)C2. The van der Waals surface area contributed by atoms with E-state index in [2.05, 4.69) is 17.1 Å². The molecule has 4 rings (SSSR count). The Balaban J connectivity index is 1.69. The Kier molecular flexibility index (Phi) is 6.52. The van der Waals surface area contributed by atoms with Crippen molar-refractivity contribution in [2.24, 2.45) is 5.41 Å². The first-order valence-electron chi connectivity index (χ1n) is 11.8. The molecule has 1 aromatic carbocycles. The van der Waals surface area contributed by atoms with Crippen LogP contribution in [-0.2, 0) is 6.42 Å². The number of aromatic nitrogens is 1. The van der Waals surface area contributed by atoms with Gasteiger partial charge in [0.1, 0.15) is 11.4 Å². The molecule has 1 saturated heterocycles. The molecule has 33 heavy (non-hydrogen) atoms. The van der Waals surface area contributed by atoms with E-state index in [-0.39, 0.29) is 16.8 Å². The minimum absolute atomic E-state index is 0.0182. The molecule has 1 aliphatic carbocycles. The normalized spacial score (nSPS) is 20.4. The number of hydrogen-bond acceptors (Lipinski definition) is 4. The number of pyridine rings is 1. The number of rotatable bonds is 5. The highest BCUT2D eigenvalue weighted by Gasteiger charge is 2.36. The Labute approximate surface area is 193 Å². The number of piperidine rings is 1. The topological polar surface area (TPSA) is 71.4 Å². The third kappa shape index (κ3) is 4.93. The van der Waals surface area contributed by atoms with E-state index in [1.807, 2.05) is 13.8 Å². The molecule has 0 unspecified atom stereocenters. The van der Waals surface area contributed by atoms with Crippen LogP contribution in [0.1, 0.15) is 72.7 Å². The molecule has 176 valence electrons. The van der Waals surface area contributed by atoms with Crippen LogP contribution in [0.25, 0.3) is 5.69 Å². The number of Topliss-reactive ketones (excluding diaryl/α,β-unsaturated/α-hetero) is 1. The lowest BCUT2D eigenvalue weighted by Gasteiger charge is -2.33. The van der Waals surface area contributed by atoms with Gasteiger partial charge in [0, 0.05) is 43.0 Å². The number of nitrogens with one attached hydrogen (secondary N) is 1. The summed E-state index contributed by atoms with van der Waals surface area (Å²) in [4.78, 5) is 42.1. The predicted molar refractivity (Wildman–Crippen MR) is 126 cm³/mol. The van der Waals surface area contributed by atoms with Crippen LogP contribution in [0.3, 0.4) is 0 Å². The van der Waals surface area contributed by atoms with E-state index in [9.17, 15) is 18.8 Å². The average Bonchev–Trinajstić information content (AvgIpc) is 2.75. The van der Waals surface area contributed by atoms with Crippen LogP contribution in [-0.4, -0.2) is 46.8 Å². The molecule has 1 atom stereocenters. The maximum Gasteiger partial charge on any atom is 0.268 e. The first-order valence-corrected chi connectivity index (χ1v) is 11.8. The molecule has 2 aromatic rings. The maximum atomic E-state index is 13.5. The zero-order valence-corrected chi connectivity index (χ0v) is 19.6. The van der Waals surface area contributed by atoms with Gasteiger partial charge >= 0.3 is 0 Å². The van der Waals surface area contributed by atoms with Crippen molar-refractivity contribution in [1.82, 2.24) is 14.8 Å². The number of halogens is 1. The summed E-state index contributed by atoms with van der Waals surface area (Å²) in [6.45, 7) is 8.30. The Bertz CT molecular complexity index is 1120. The lowest BCUT2D eigenvalue weighted by Crippen LogP contribution is -2.44. The molecule has 6 nitrogen and oxygen atoms in total. The number of amides is 1. The van der Waals surface area contributed by atoms with Crippen LogP contribution < -0.4 is 10.9 Å². The summed E-state index contributed by atoms with van der Waals surface area (Å²) in [5, 5.41) is 2.92. The monoisotopic (exact) mass is 453 g/mol. The Hall–Kier alpha value is -2.80. The minimum atomic E-state index is -0.491. The standard InChI is InChI=1S/C26H32FN3O3/c1-17-6-4-5-12-29(17)13-11-28-24(32)23-20-14-26(2,3)15-22(31)21(20)16-30(25(23)33)19-9-7-18(27)8-10-19/h7-10,16-17H,4-6,11-15H2,1-3H3,(H,28,32)/t17-/m1/s1. The molecule has 2 heterocycles. The molecule has 7 heteroatoms. The molecule has 1 aromatic heterocycles. The van der Waals surface area contributed by atoms with E-state index in [0.717, 1.165) is 25.9 Å². The molecule has 1 amide bonds. The molecule has 0 saturated carbocycles. The summed E-state index contributed by atoms with van der Waals surface area (Å²) >= 11 is 0. The fraction of sp³-hybridized carbons (Fsp3) is 0.500. The van der Waals surface area contributed by atoms with Crippen molar-refractivity contribution in [2.45, 2.75) is 58.9 Å². The van der Waals surface area contributed by atoms with Crippen LogP contribution >= 0.6 is 0 Å². The number of ketones is 1. The maximum absolute atomic E-state index is 13.5. The van der Waals surface area contributed by atoms with Crippen molar-refractivity contribution in [3.8, 4) is 5.69 Å². The Morgan fingerprint density at radius 2 is 1.88 bits per heavy atom. The summed E-state index contributed by atoms with van der Waals surface area (Å²) in [5.74, 6) is -0.969. The van der Waals surface area contributed by atoms with E-state index < -0.39 is 17.3 Å². The third-order valence-corrected chi connectivity index (χ3v) is 6.87. The highest BCUT2D eigenvalue weighted by Crippen LogP contribution is 2.35. The number of likely N-dealkylation sites (tertiary alicyclic amines) is 1. The van der Waals surface area contributed by atoms with Crippen molar-refractivity contribution in [3.05, 3.63) is 63.3 Å². The summed E-state index contributed by atoms with van der Waals surface area (Å²) < 4.78 is 14.7. The molecule has 0 spiro atoms. The van der Waals surface area contributed by atoms with Crippen molar-refractivity contribution in [2.75, 3.05) is 19.6 Å². The molecular formula is C26H32FN3O3. The number of hydrogen-bond donors (Lipinski definition) is 1.